The average Bonchev–Trinajstić information content (AvgIpc) is 3.70. The Morgan fingerprint density at radius 1 is 0.400 bits per heavy atom. The fraction of sp³-hybridized carbons (Fsp3) is 0. The van der Waals surface area contributed by atoms with Crippen LogP contribution in [0.5, 0.6) is 0 Å². The van der Waals surface area contributed by atoms with Crippen molar-refractivity contribution in [2.75, 3.05) is 0 Å². The quantitative estimate of drug-likeness (QED) is 0.193. The average molecular weight is 636 g/mol. The minimum absolute atomic E-state index is 0.562. The summed E-state index contributed by atoms with van der Waals surface area (Å²) in [4.78, 5) is 0. The maximum Gasteiger partial charge on any atom is 0.101 e. The Balaban J connectivity index is 1.24. The molecule has 0 aliphatic carbocycles. The summed E-state index contributed by atoms with van der Waals surface area (Å²) in [5.41, 5.74) is 11.6. The first-order chi connectivity index (χ1) is 24.7. The second kappa shape index (κ2) is 11.4. The van der Waals surface area contributed by atoms with Crippen LogP contribution >= 0.6 is 0 Å². The van der Waals surface area contributed by atoms with Crippen molar-refractivity contribution < 1.29 is 0 Å². The predicted octanol–water partition coefficient (Wildman–Crippen LogP) is 10.8. The third-order valence-corrected chi connectivity index (χ3v) is 9.64. The molecule has 0 aliphatic rings. The molecule has 50 heavy (non-hydrogen) atoms. The van der Waals surface area contributed by atoms with Crippen LogP contribution in [-0.4, -0.2) is 9.13 Å². The maximum absolute atomic E-state index is 10.1. The molecule has 0 fully saturated rings. The highest BCUT2D eigenvalue weighted by molar-refractivity contribution is 6.12. The Bertz CT molecular complexity index is 2900. The van der Waals surface area contributed by atoms with Crippen molar-refractivity contribution in [3.05, 3.63) is 168 Å². The summed E-state index contributed by atoms with van der Waals surface area (Å²) in [6.07, 6.45) is 0. The highest BCUT2D eigenvalue weighted by Crippen LogP contribution is 2.41. The lowest BCUT2D eigenvalue weighted by Gasteiger charge is -2.17. The van der Waals surface area contributed by atoms with Gasteiger partial charge in [0.25, 0.3) is 0 Å². The van der Waals surface area contributed by atoms with Crippen LogP contribution in [0.25, 0.3) is 77.2 Å². The number of aromatic nitrogens is 2. The van der Waals surface area contributed by atoms with Crippen molar-refractivity contribution in [1.29, 1.82) is 15.8 Å². The molecule has 0 radical (unpaired) electrons. The fourth-order valence-electron chi connectivity index (χ4n) is 7.45. The lowest BCUT2D eigenvalue weighted by molar-refractivity contribution is 1.17. The maximum atomic E-state index is 10.1. The number of hydrogen-bond acceptors (Lipinski definition) is 3. The molecule has 0 spiro atoms. The molecule has 0 saturated heterocycles. The highest BCUT2D eigenvalue weighted by atomic mass is 15.0. The molecule has 0 bridgehead atoms. The summed E-state index contributed by atoms with van der Waals surface area (Å²) < 4.78 is 4.43. The van der Waals surface area contributed by atoms with Gasteiger partial charge in [-0.25, -0.2) is 0 Å². The SMILES string of the molecule is N#Cc1ccc(-c2ccccc2-n2c3ccccc3c3ccccc32)c(-c2ccc(-n3c4ccc(C#N)cc4c4cccc(C#N)c43)cc2)c1. The molecule has 5 nitrogen and oxygen atoms in total. The van der Waals surface area contributed by atoms with Crippen molar-refractivity contribution in [1.82, 2.24) is 9.13 Å². The van der Waals surface area contributed by atoms with Crippen LogP contribution in [0.4, 0.5) is 0 Å². The number of fused-ring (bicyclic) bond motifs is 6. The summed E-state index contributed by atoms with van der Waals surface area (Å²) >= 11 is 0. The van der Waals surface area contributed by atoms with Crippen LogP contribution in [0.1, 0.15) is 16.7 Å². The molecule has 0 unspecified atom stereocenters. The van der Waals surface area contributed by atoms with Gasteiger partial charge in [0.15, 0.2) is 0 Å². The van der Waals surface area contributed by atoms with Crippen molar-refractivity contribution in [2.45, 2.75) is 0 Å². The van der Waals surface area contributed by atoms with E-state index in [2.05, 4.69) is 124 Å². The van der Waals surface area contributed by atoms with Crippen LogP contribution in [0.3, 0.4) is 0 Å². The first-order valence-electron chi connectivity index (χ1n) is 16.3. The second-order valence-electron chi connectivity index (χ2n) is 12.3. The fourth-order valence-corrected chi connectivity index (χ4v) is 7.45. The van der Waals surface area contributed by atoms with E-state index >= 15 is 0 Å². The van der Waals surface area contributed by atoms with E-state index in [1.54, 1.807) is 0 Å². The summed E-state index contributed by atoms with van der Waals surface area (Å²) in [6, 6.07) is 57.9. The third-order valence-electron chi connectivity index (χ3n) is 9.64. The van der Waals surface area contributed by atoms with Gasteiger partial charge in [-0.2, -0.15) is 15.8 Å². The lowest BCUT2D eigenvalue weighted by Crippen LogP contribution is -1.99. The van der Waals surface area contributed by atoms with Crippen LogP contribution in [0, 0.1) is 34.0 Å². The number of rotatable bonds is 4. The monoisotopic (exact) mass is 635 g/mol. The largest absolute Gasteiger partial charge is 0.309 e. The van der Waals surface area contributed by atoms with E-state index in [1.807, 2.05) is 54.6 Å². The van der Waals surface area contributed by atoms with E-state index in [0.717, 1.165) is 66.5 Å². The summed E-state index contributed by atoms with van der Waals surface area (Å²) in [6.45, 7) is 0. The number of nitrogens with zero attached hydrogens (tertiary/aromatic N) is 5. The first-order valence-corrected chi connectivity index (χ1v) is 16.3. The normalized spacial score (nSPS) is 11.1. The molecular formula is C45H25N5. The van der Waals surface area contributed by atoms with Gasteiger partial charge in [0.05, 0.1) is 56.6 Å². The van der Waals surface area contributed by atoms with Crippen molar-refractivity contribution in [3.63, 3.8) is 0 Å². The molecule has 230 valence electrons. The molecule has 0 atom stereocenters. The van der Waals surface area contributed by atoms with E-state index in [4.69, 9.17) is 0 Å². The van der Waals surface area contributed by atoms with Gasteiger partial charge < -0.3 is 9.13 Å². The molecular weight excluding hydrogens is 611 g/mol. The van der Waals surface area contributed by atoms with E-state index < -0.39 is 0 Å². The minimum Gasteiger partial charge on any atom is -0.309 e. The smallest absolute Gasteiger partial charge is 0.101 e. The minimum atomic E-state index is 0.562. The van der Waals surface area contributed by atoms with Crippen LogP contribution < -0.4 is 0 Å². The molecule has 9 aromatic rings. The third kappa shape index (κ3) is 4.31. The van der Waals surface area contributed by atoms with Gasteiger partial charge in [-0.05, 0) is 83.4 Å². The Labute approximate surface area is 287 Å². The van der Waals surface area contributed by atoms with Crippen LogP contribution in [0.15, 0.2) is 152 Å². The van der Waals surface area contributed by atoms with Crippen molar-refractivity contribution in [2.24, 2.45) is 0 Å². The van der Waals surface area contributed by atoms with Gasteiger partial charge in [0.2, 0.25) is 0 Å². The molecule has 0 saturated carbocycles. The van der Waals surface area contributed by atoms with E-state index in [9.17, 15) is 15.8 Å². The van der Waals surface area contributed by atoms with Gasteiger partial charge >= 0.3 is 0 Å². The molecule has 0 amide bonds. The summed E-state index contributed by atoms with van der Waals surface area (Å²) in [7, 11) is 0. The number of benzene rings is 7. The Hall–Kier alpha value is -7.39. The molecule has 2 aromatic heterocycles. The molecule has 5 heteroatoms. The first kappa shape index (κ1) is 28.8. The zero-order valence-corrected chi connectivity index (χ0v) is 26.7. The molecule has 2 heterocycles. The standard InChI is InChI=1S/C45H25N5/c46-26-29-16-22-34(35-9-1-4-13-41(35)50-42-14-5-2-10-36(42)37-11-3-6-15-43(37)50)39(24-29)31-18-20-33(21-19-31)49-44-23-17-30(27-47)25-40(44)38-12-7-8-32(28-48)45(38)49/h1-25H. The Morgan fingerprint density at radius 3 is 1.74 bits per heavy atom. The van der Waals surface area contributed by atoms with Crippen molar-refractivity contribution >= 4 is 43.6 Å². The van der Waals surface area contributed by atoms with Gasteiger partial charge in [-0.1, -0.05) is 84.9 Å². The molecule has 9 rings (SSSR count). The van der Waals surface area contributed by atoms with Crippen LogP contribution in [0.2, 0.25) is 0 Å². The van der Waals surface area contributed by atoms with Gasteiger partial charge in [-0.3, -0.25) is 0 Å². The highest BCUT2D eigenvalue weighted by Gasteiger charge is 2.19. The molecule has 0 N–H and O–H groups in total. The van der Waals surface area contributed by atoms with Gasteiger partial charge in [0.1, 0.15) is 6.07 Å². The van der Waals surface area contributed by atoms with E-state index in [1.165, 1.54) is 10.8 Å². The number of para-hydroxylation sites is 4. The molecule has 7 aromatic carbocycles. The number of nitriles is 3. The topological polar surface area (TPSA) is 81.2 Å². The summed E-state index contributed by atoms with van der Waals surface area (Å²) in [5, 5.41) is 33.9. The zero-order valence-electron chi connectivity index (χ0n) is 26.7. The number of hydrogen-bond donors (Lipinski definition) is 0. The van der Waals surface area contributed by atoms with E-state index in [0.29, 0.717) is 16.7 Å². The Morgan fingerprint density at radius 2 is 1.02 bits per heavy atom. The lowest BCUT2D eigenvalue weighted by atomic mass is 9.92. The second-order valence-corrected chi connectivity index (χ2v) is 12.3. The predicted molar refractivity (Wildman–Crippen MR) is 200 cm³/mol. The molecule has 0 aliphatic heterocycles. The summed E-state index contributed by atoms with van der Waals surface area (Å²) in [5.74, 6) is 0. The van der Waals surface area contributed by atoms with Crippen LogP contribution in [-0.2, 0) is 0 Å². The van der Waals surface area contributed by atoms with Gasteiger partial charge in [-0.15, -0.1) is 0 Å². The zero-order chi connectivity index (χ0) is 33.8. The van der Waals surface area contributed by atoms with Gasteiger partial charge in [0, 0.05) is 32.8 Å². The van der Waals surface area contributed by atoms with E-state index in [-0.39, 0.29) is 0 Å². The Kier molecular flexibility index (Phi) is 6.56. The van der Waals surface area contributed by atoms with Crippen molar-refractivity contribution in [3.8, 4) is 51.8 Å².